The van der Waals surface area contributed by atoms with Crippen LogP contribution in [0.5, 0.6) is 0 Å². The number of amides is 1. The first-order chi connectivity index (χ1) is 7.25. The van der Waals surface area contributed by atoms with Crippen molar-refractivity contribution in [2.24, 2.45) is 5.41 Å². The number of halogens is 1. The second-order valence-electron chi connectivity index (χ2n) is 5.88. The Kier molecular flexibility index (Phi) is 4.63. The summed E-state index contributed by atoms with van der Waals surface area (Å²) in [6.45, 7) is 6.55. The summed E-state index contributed by atoms with van der Waals surface area (Å²) >= 11 is 2.17. The number of rotatable bonds is 3. The second-order valence-corrected chi connectivity index (χ2v) is 7.12. The lowest BCUT2D eigenvalue weighted by molar-refractivity contribution is -0.122. The van der Waals surface area contributed by atoms with Gasteiger partial charge in [-0.25, -0.2) is 0 Å². The van der Waals surface area contributed by atoms with Crippen LogP contribution in [0.1, 0.15) is 46.5 Å². The van der Waals surface area contributed by atoms with E-state index in [1.807, 2.05) is 20.8 Å². The molecule has 0 heterocycles. The first kappa shape index (κ1) is 14.2. The van der Waals surface area contributed by atoms with Crippen LogP contribution in [0, 0.1) is 5.41 Å². The summed E-state index contributed by atoms with van der Waals surface area (Å²) in [6.07, 6.45) is 3.77. The van der Waals surface area contributed by atoms with E-state index in [1.54, 1.807) is 0 Å². The van der Waals surface area contributed by atoms with Crippen LogP contribution in [-0.2, 0) is 4.79 Å². The first-order valence-corrected chi connectivity index (χ1v) is 7.13. The first-order valence-electron chi connectivity index (χ1n) is 5.89. The van der Waals surface area contributed by atoms with Gasteiger partial charge >= 0.3 is 0 Å². The SMILES string of the molecule is CC(C)(C)C(I)C(=O)NCC1(O)CCCC1. The normalized spacial score (nSPS) is 21.8. The molecule has 0 aliphatic heterocycles. The third-order valence-electron chi connectivity index (χ3n) is 3.12. The van der Waals surface area contributed by atoms with Crippen molar-refractivity contribution in [1.82, 2.24) is 5.32 Å². The summed E-state index contributed by atoms with van der Waals surface area (Å²) in [4.78, 5) is 11.9. The minimum Gasteiger partial charge on any atom is -0.388 e. The molecule has 0 spiro atoms. The predicted molar refractivity (Wildman–Crippen MR) is 73.7 cm³/mol. The van der Waals surface area contributed by atoms with Crippen LogP contribution in [0.2, 0.25) is 0 Å². The van der Waals surface area contributed by atoms with E-state index in [2.05, 4.69) is 27.9 Å². The fraction of sp³-hybridized carbons (Fsp3) is 0.917. The van der Waals surface area contributed by atoms with E-state index in [9.17, 15) is 9.90 Å². The molecule has 0 aromatic heterocycles. The Morgan fingerprint density at radius 2 is 1.94 bits per heavy atom. The molecule has 94 valence electrons. The number of hydrogen-bond donors (Lipinski definition) is 2. The minimum atomic E-state index is -0.649. The molecule has 0 radical (unpaired) electrons. The van der Waals surface area contributed by atoms with Crippen LogP contribution in [0.4, 0.5) is 0 Å². The second kappa shape index (κ2) is 5.21. The predicted octanol–water partition coefficient (Wildman–Crippen LogP) is 2.26. The van der Waals surface area contributed by atoms with Crippen LogP contribution < -0.4 is 5.32 Å². The van der Waals surface area contributed by atoms with Gasteiger partial charge in [-0.05, 0) is 18.3 Å². The fourth-order valence-corrected chi connectivity index (χ4v) is 2.16. The van der Waals surface area contributed by atoms with Crippen molar-refractivity contribution in [3.63, 3.8) is 0 Å². The number of nitrogens with one attached hydrogen (secondary N) is 1. The van der Waals surface area contributed by atoms with Crippen molar-refractivity contribution in [2.75, 3.05) is 6.54 Å². The Balaban J connectivity index is 2.40. The smallest absolute Gasteiger partial charge is 0.233 e. The standard InChI is InChI=1S/C12H22INO2/c1-11(2,3)9(13)10(15)14-8-12(16)6-4-5-7-12/h9,16H,4-8H2,1-3H3,(H,14,15). The molecule has 1 unspecified atom stereocenters. The highest BCUT2D eigenvalue weighted by molar-refractivity contribution is 14.1. The van der Waals surface area contributed by atoms with Gasteiger partial charge in [-0.2, -0.15) is 0 Å². The maximum atomic E-state index is 11.9. The van der Waals surface area contributed by atoms with Crippen molar-refractivity contribution in [3.8, 4) is 0 Å². The van der Waals surface area contributed by atoms with Gasteiger partial charge in [0, 0.05) is 6.54 Å². The van der Waals surface area contributed by atoms with E-state index in [1.165, 1.54) is 0 Å². The number of carbonyl (C=O) groups is 1. The Labute approximate surface area is 112 Å². The van der Waals surface area contributed by atoms with Gasteiger partial charge in [0.1, 0.15) is 0 Å². The minimum absolute atomic E-state index is 0.0356. The molecule has 1 amide bonds. The van der Waals surface area contributed by atoms with E-state index in [0.29, 0.717) is 6.54 Å². The van der Waals surface area contributed by atoms with Crippen LogP contribution in [0.15, 0.2) is 0 Å². The number of carbonyl (C=O) groups excluding carboxylic acids is 1. The average molecular weight is 339 g/mol. The van der Waals surface area contributed by atoms with Crippen molar-refractivity contribution in [1.29, 1.82) is 0 Å². The van der Waals surface area contributed by atoms with E-state index >= 15 is 0 Å². The van der Waals surface area contributed by atoms with Crippen molar-refractivity contribution in [3.05, 3.63) is 0 Å². The third kappa shape index (κ3) is 3.87. The van der Waals surface area contributed by atoms with E-state index in [4.69, 9.17) is 0 Å². The van der Waals surface area contributed by atoms with E-state index < -0.39 is 5.60 Å². The molecule has 16 heavy (non-hydrogen) atoms. The van der Waals surface area contributed by atoms with E-state index in [-0.39, 0.29) is 15.2 Å². The zero-order chi connectivity index (χ0) is 12.4. The summed E-state index contributed by atoms with van der Waals surface area (Å²) in [5.74, 6) is 0.0356. The molecule has 0 aromatic rings. The maximum absolute atomic E-state index is 11.9. The zero-order valence-corrected chi connectivity index (χ0v) is 12.5. The molecule has 1 aliphatic carbocycles. The van der Waals surface area contributed by atoms with Gasteiger partial charge in [0.2, 0.25) is 5.91 Å². The summed E-state index contributed by atoms with van der Waals surface area (Å²) in [7, 11) is 0. The quantitative estimate of drug-likeness (QED) is 0.612. The molecule has 0 saturated heterocycles. The average Bonchev–Trinajstić information content (AvgIpc) is 2.60. The highest BCUT2D eigenvalue weighted by Crippen LogP contribution is 2.30. The van der Waals surface area contributed by atoms with Gasteiger partial charge in [0.15, 0.2) is 0 Å². The Bertz CT molecular complexity index is 254. The molecule has 0 aromatic carbocycles. The molecule has 1 rings (SSSR count). The molecule has 3 nitrogen and oxygen atoms in total. The molecule has 1 aliphatic rings. The van der Waals surface area contributed by atoms with Gasteiger partial charge in [0.05, 0.1) is 9.53 Å². The molecular formula is C12H22INO2. The lowest BCUT2D eigenvalue weighted by atomic mass is 9.91. The van der Waals surface area contributed by atoms with Crippen LogP contribution >= 0.6 is 22.6 Å². The van der Waals surface area contributed by atoms with Gasteiger partial charge in [-0.1, -0.05) is 56.2 Å². The molecule has 1 fully saturated rings. The molecular weight excluding hydrogens is 317 g/mol. The maximum Gasteiger partial charge on any atom is 0.233 e. The van der Waals surface area contributed by atoms with Gasteiger partial charge in [-0.15, -0.1) is 0 Å². The number of aliphatic hydroxyl groups is 1. The van der Waals surface area contributed by atoms with Crippen LogP contribution in [-0.4, -0.2) is 27.1 Å². The number of alkyl halides is 1. The zero-order valence-electron chi connectivity index (χ0n) is 10.3. The Hall–Kier alpha value is 0.160. The molecule has 1 saturated carbocycles. The highest BCUT2D eigenvalue weighted by Gasteiger charge is 2.34. The van der Waals surface area contributed by atoms with Gasteiger partial charge in [-0.3, -0.25) is 4.79 Å². The monoisotopic (exact) mass is 339 g/mol. The fourth-order valence-electron chi connectivity index (χ4n) is 1.94. The Morgan fingerprint density at radius 1 is 1.44 bits per heavy atom. The van der Waals surface area contributed by atoms with Crippen LogP contribution in [0.25, 0.3) is 0 Å². The van der Waals surface area contributed by atoms with Gasteiger partial charge < -0.3 is 10.4 Å². The molecule has 0 bridgehead atoms. The third-order valence-corrected chi connectivity index (χ3v) is 5.55. The molecule has 1 atom stereocenters. The van der Waals surface area contributed by atoms with Crippen LogP contribution in [0.3, 0.4) is 0 Å². The lowest BCUT2D eigenvalue weighted by Gasteiger charge is -2.27. The van der Waals surface area contributed by atoms with Crippen molar-refractivity contribution < 1.29 is 9.90 Å². The summed E-state index contributed by atoms with van der Waals surface area (Å²) in [5, 5.41) is 13.0. The van der Waals surface area contributed by atoms with Gasteiger partial charge in [0.25, 0.3) is 0 Å². The number of hydrogen-bond acceptors (Lipinski definition) is 2. The van der Waals surface area contributed by atoms with Crippen molar-refractivity contribution in [2.45, 2.75) is 56.0 Å². The largest absolute Gasteiger partial charge is 0.388 e. The summed E-state index contributed by atoms with van der Waals surface area (Å²) in [6, 6.07) is 0. The molecule has 2 N–H and O–H groups in total. The topological polar surface area (TPSA) is 49.3 Å². The summed E-state index contributed by atoms with van der Waals surface area (Å²) < 4.78 is -0.0601. The molecule has 4 heteroatoms. The Morgan fingerprint density at radius 3 is 2.38 bits per heavy atom. The summed E-state index contributed by atoms with van der Waals surface area (Å²) in [5.41, 5.74) is -0.688. The van der Waals surface area contributed by atoms with Crippen molar-refractivity contribution >= 4 is 28.5 Å². The lowest BCUT2D eigenvalue weighted by Crippen LogP contribution is -2.45. The highest BCUT2D eigenvalue weighted by atomic mass is 127. The van der Waals surface area contributed by atoms with E-state index in [0.717, 1.165) is 25.7 Å².